The lowest BCUT2D eigenvalue weighted by atomic mass is 10.2. The monoisotopic (exact) mass is 330 g/mol. The van der Waals surface area contributed by atoms with Gasteiger partial charge in [-0.05, 0) is 19.9 Å². The van der Waals surface area contributed by atoms with Gasteiger partial charge in [0, 0.05) is 12.3 Å². The van der Waals surface area contributed by atoms with Crippen molar-refractivity contribution in [2.45, 2.75) is 20.0 Å². The predicted molar refractivity (Wildman–Crippen MR) is 83.4 cm³/mol. The summed E-state index contributed by atoms with van der Waals surface area (Å²) in [6, 6.07) is 5.67. The Morgan fingerprint density at radius 1 is 1.25 bits per heavy atom. The minimum Gasteiger partial charge on any atom is -0.448 e. The molecule has 0 saturated carbocycles. The zero-order valence-corrected chi connectivity index (χ0v) is 12.9. The van der Waals surface area contributed by atoms with E-state index in [4.69, 9.17) is 4.74 Å². The summed E-state index contributed by atoms with van der Waals surface area (Å²) in [7, 11) is 0. The molecule has 1 atom stereocenters. The number of nitro groups is 1. The molecular weight excluding hydrogens is 316 g/mol. The standard InChI is InChI=1S/C15H14N4O5/c1-9-7-17-12(8-16-9)15(21)24-10(2)14(20)18-11-5-3-4-6-13(11)19(22)23/h3-8,10H,1-2H3,(H,18,20)/t10-/m0/s1. The molecule has 1 heterocycles. The lowest BCUT2D eigenvalue weighted by molar-refractivity contribution is -0.383. The van der Waals surface area contributed by atoms with Crippen LogP contribution in [-0.2, 0) is 9.53 Å². The van der Waals surface area contributed by atoms with Gasteiger partial charge in [0.2, 0.25) is 0 Å². The zero-order chi connectivity index (χ0) is 17.7. The van der Waals surface area contributed by atoms with Gasteiger partial charge in [-0.1, -0.05) is 12.1 Å². The molecule has 1 aromatic heterocycles. The average Bonchev–Trinajstić information content (AvgIpc) is 2.55. The Kier molecular flexibility index (Phi) is 5.15. The SMILES string of the molecule is Cc1cnc(C(=O)O[C@@H](C)C(=O)Nc2ccccc2[N+](=O)[O-])cn1. The first kappa shape index (κ1) is 17.0. The Balaban J connectivity index is 2.04. The number of ether oxygens (including phenoxy) is 1. The maximum atomic E-state index is 12.1. The second-order valence-electron chi connectivity index (χ2n) is 4.85. The van der Waals surface area contributed by atoms with Crippen LogP contribution in [0.1, 0.15) is 23.1 Å². The molecular formula is C15H14N4O5. The normalized spacial score (nSPS) is 11.4. The highest BCUT2D eigenvalue weighted by molar-refractivity contribution is 5.98. The van der Waals surface area contributed by atoms with Crippen LogP contribution in [0.25, 0.3) is 0 Å². The van der Waals surface area contributed by atoms with E-state index in [1.807, 2.05) is 0 Å². The van der Waals surface area contributed by atoms with Crippen molar-refractivity contribution in [1.29, 1.82) is 0 Å². The number of carbonyl (C=O) groups is 2. The van der Waals surface area contributed by atoms with Gasteiger partial charge in [-0.3, -0.25) is 19.9 Å². The number of nitrogens with one attached hydrogen (secondary N) is 1. The molecule has 0 unspecified atom stereocenters. The van der Waals surface area contributed by atoms with Gasteiger partial charge < -0.3 is 10.1 Å². The third kappa shape index (κ3) is 4.09. The Labute approximate surface area is 136 Å². The highest BCUT2D eigenvalue weighted by Crippen LogP contribution is 2.23. The highest BCUT2D eigenvalue weighted by atomic mass is 16.6. The maximum absolute atomic E-state index is 12.1. The first-order chi connectivity index (χ1) is 11.4. The number of rotatable bonds is 5. The van der Waals surface area contributed by atoms with Crippen LogP contribution in [0.2, 0.25) is 0 Å². The van der Waals surface area contributed by atoms with Gasteiger partial charge in [-0.25, -0.2) is 9.78 Å². The molecule has 0 bridgehead atoms. The minimum absolute atomic E-state index is 0.0190. The number of aryl methyl sites for hydroxylation is 1. The molecule has 1 aromatic carbocycles. The molecule has 0 aliphatic rings. The van der Waals surface area contributed by atoms with Gasteiger partial charge in [0.15, 0.2) is 11.8 Å². The van der Waals surface area contributed by atoms with Gasteiger partial charge in [0.1, 0.15) is 5.69 Å². The van der Waals surface area contributed by atoms with Crippen molar-refractivity contribution < 1.29 is 19.2 Å². The Bertz CT molecular complexity index is 776. The Morgan fingerprint density at radius 3 is 2.58 bits per heavy atom. The lowest BCUT2D eigenvalue weighted by Crippen LogP contribution is -2.30. The number of hydrogen-bond donors (Lipinski definition) is 1. The van der Waals surface area contributed by atoms with Crippen LogP contribution in [-0.4, -0.2) is 32.9 Å². The van der Waals surface area contributed by atoms with Crippen molar-refractivity contribution in [2.75, 3.05) is 5.32 Å². The van der Waals surface area contributed by atoms with Gasteiger partial charge in [0.05, 0.1) is 16.8 Å². The van der Waals surface area contributed by atoms with Crippen LogP contribution in [0.3, 0.4) is 0 Å². The number of para-hydroxylation sites is 2. The number of amides is 1. The third-order valence-electron chi connectivity index (χ3n) is 3.00. The van der Waals surface area contributed by atoms with Gasteiger partial charge in [0.25, 0.3) is 11.6 Å². The number of hydrogen-bond acceptors (Lipinski definition) is 7. The fraction of sp³-hybridized carbons (Fsp3) is 0.200. The summed E-state index contributed by atoms with van der Waals surface area (Å²) in [5.41, 5.74) is 0.360. The van der Waals surface area contributed by atoms with Crippen molar-refractivity contribution >= 4 is 23.3 Å². The summed E-state index contributed by atoms with van der Waals surface area (Å²) >= 11 is 0. The van der Waals surface area contributed by atoms with Crippen LogP contribution in [0, 0.1) is 17.0 Å². The van der Waals surface area contributed by atoms with Crippen molar-refractivity contribution in [1.82, 2.24) is 9.97 Å². The van der Waals surface area contributed by atoms with E-state index >= 15 is 0 Å². The molecule has 9 nitrogen and oxygen atoms in total. The van der Waals surface area contributed by atoms with E-state index in [-0.39, 0.29) is 17.1 Å². The van der Waals surface area contributed by atoms with Crippen molar-refractivity contribution in [3.8, 4) is 0 Å². The van der Waals surface area contributed by atoms with Gasteiger partial charge in [-0.2, -0.15) is 0 Å². The Morgan fingerprint density at radius 2 is 1.96 bits per heavy atom. The molecule has 0 radical (unpaired) electrons. The average molecular weight is 330 g/mol. The zero-order valence-electron chi connectivity index (χ0n) is 12.9. The number of aromatic nitrogens is 2. The maximum Gasteiger partial charge on any atom is 0.359 e. The van der Waals surface area contributed by atoms with E-state index < -0.39 is 22.9 Å². The molecule has 0 fully saturated rings. The number of nitro benzene ring substituents is 1. The molecule has 0 spiro atoms. The molecule has 1 amide bonds. The lowest BCUT2D eigenvalue weighted by Gasteiger charge is -2.13. The summed E-state index contributed by atoms with van der Waals surface area (Å²) in [6.07, 6.45) is 1.47. The molecule has 0 aliphatic carbocycles. The first-order valence-corrected chi connectivity index (χ1v) is 6.92. The summed E-state index contributed by atoms with van der Waals surface area (Å²) < 4.78 is 4.99. The first-order valence-electron chi connectivity index (χ1n) is 6.92. The second kappa shape index (κ2) is 7.27. The summed E-state index contributed by atoms with van der Waals surface area (Å²) in [5.74, 6) is -1.51. The highest BCUT2D eigenvalue weighted by Gasteiger charge is 2.22. The van der Waals surface area contributed by atoms with Crippen LogP contribution >= 0.6 is 0 Å². The fourth-order valence-electron chi connectivity index (χ4n) is 1.75. The topological polar surface area (TPSA) is 124 Å². The van der Waals surface area contributed by atoms with Crippen molar-refractivity contribution in [2.24, 2.45) is 0 Å². The van der Waals surface area contributed by atoms with Gasteiger partial charge >= 0.3 is 5.97 Å². The number of anilines is 1. The minimum atomic E-state index is -1.17. The number of carbonyl (C=O) groups excluding carboxylic acids is 2. The van der Waals surface area contributed by atoms with E-state index in [9.17, 15) is 19.7 Å². The van der Waals surface area contributed by atoms with Crippen LogP contribution < -0.4 is 5.32 Å². The summed E-state index contributed by atoms with van der Waals surface area (Å²) in [5, 5.41) is 13.3. The molecule has 1 N–H and O–H groups in total. The Hall–Kier alpha value is -3.36. The molecule has 0 aliphatic heterocycles. The fourth-order valence-corrected chi connectivity index (χ4v) is 1.75. The molecule has 9 heteroatoms. The molecule has 124 valence electrons. The van der Waals surface area contributed by atoms with Crippen LogP contribution in [0.5, 0.6) is 0 Å². The largest absolute Gasteiger partial charge is 0.448 e. The molecule has 2 rings (SSSR count). The molecule has 24 heavy (non-hydrogen) atoms. The van der Waals surface area contributed by atoms with Crippen LogP contribution in [0.4, 0.5) is 11.4 Å². The number of esters is 1. The van der Waals surface area contributed by atoms with E-state index in [1.54, 1.807) is 13.0 Å². The predicted octanol–water partition coefficient (Wildman–Crippen LogP) is 1.88. The number of nitrogens with zero attached hydrogens (tertiary/aromatic N) is 3. The third-order valence-corrected chi connectivity index (χ3v) is 3.00. The number of benzene rings is 1. The van der Waals surface area contributed by atoms with Gasteiger partial charge in [-0.15, -0.1) is 0 Å². The van der Waals surface area contributed by atoms with Crippen LogP contribution in [0.15, 0.2) is 36.7 Å². The molecule has 0 saturated heterocycles. The van der Waals surface area contributed by atoms with Crippen molar-refractivity contribution in [3.05, 3.63) is 58.2 Å². The van der Waals surface area contributed by atoms with E-state index in [2.05, 4.69) is 15.3 Å². The second-order valence-corrected chi connectivity index (χ2v) is 4.85. The smallest absolute Gasteiger partial charge is 0.359 e. The van der Waals surface area contributed by atoms with E-state index in [1.165, 1.54) is 37.5 Å². The summed E-state index contributed by atoms with van der Waals surface area (Å²) in [4.78, 5) is 42.0. The quantitative estimate of drug-likeness (QED) is 0.504. The molecule has 2 aromatic rings. The van der Waals surface area contributed by atoms with Crippen molar-refractivity contribution in [3.63, 3.8) is 0 Å². The van der Waals surface area contributed by atoms with E-state index in [0.29, 0.717) is 5.69 Å². The summed E-state index contributed by atoms with van der Waals surface area (Å²) in [6.45, 7) is 3.06. The van der Waals surface area contributed by atoms with E-state index in [0.717, 1.165) is 0 Å².